The molecule has 0 saturated carbocycles. The summed E-state index contributed by atoms with van der Waals surface area (Å²) in [5.74, 6) is 0.452. The van der Waals surface area contributed by atoms with Crippen molar-refractivity contribution < 1.29 is 9.53 Å². The first-order valence-electron chi connectivity index (χ1n) is 8.48. The van der Waals surface area contributed by atoms with E-state index in [-0.39, 0.29) is 5.91 Å². The minimum atomic E-state index is -0.559. The van der Waals surface area contributed by atoms with Gasteiger partial charge in [-0.3, -0.25) is 9.78 Å². The Morgan fingerprint density at radius 1 is 1.15 bits per heavy atom. The number of aromatic nitrogens is 4. The van der Waals surface area contributed by atoms with Crippen LogP contribution in [-0.4, -0.2) is 38.5 Å². The molecule has 0 saturated heterocycles. The molecule has 1 aliphatic heterocycles. The van der Waals surface area contributed by atoms with Gasteiger partial charge in [-0.15, -0.1) is 0 Å². The summed E-state index contributed by atoms with van der Waals surface area (Å²) < 4.78 is 6.80. The second-order valence-electron chi connectivity index (χ2n) is 6.15. The highest BCUT2D eigenvalue weighted by molar-refractivity contribution is 6.10. The van der Waals surface area contributed by atoms with Gasteiger partial charge in [0.1, 0.15) is 24.0 Å². The summed E-state index contributed by atoms with van der Waals surface area (Å²) in [6.45, 7) is 1.83. The van der Waals surface area contributed by atoms with E-state index in [4.69, 9.17) is 4.74 Å². The van der Waals surface area contributed by atoms with Gasteiger partial charge in [0, 0.05) is 17.6 Å². The third-order valence-electron chi connectivity index (χ3n) is 4.49. The maximum Gasteiger partial charge on any atom is 0.248 e. The average Bonchev–Trinajstić information content (AvgIpc) is 3.16. The molecule has 136 valence electrons. The molecule has 8 nitrogen and oxygen atoms in total. The van der Waals surface area contributed by atoms with Crippen molar-refractivity contribution in [3.8, 4) is 5.75 Å². The first-order chi connectivity index (χ1) is 13.2. The number of nitrogens with zero attached hydrogens (tertiary/aromatic N) is 5. The number of pyridine rings is 1. The first kappa shape index (κ1) is 16.9. The Morgan fingerprint density at radius 2 is 1.96 bits per heavy atom. The normalized spacial score (nSPS) is 18.4. The van der Waals surface area contributed by atoms with E-state index in [9.17, 15) is 4.79 Å². The molecule has 0 aliphatic carbocycles. The summed E-state index contributed by atoms with van der Waals surface area (Å²) in [6.07, 6.45) is 3.14. The Hall–Kier alpha value is -3.55. The van der Waals surface area contributed by atoms with Crippen molar-refractivity contribution in [2.45, 2.75) is 13.0 Å². The molecular weight excluding hydrogens is 344 g/mol. The largest absolute Gasteiger partial charge is 0.497 e. The van der Waals surface area contributed by atoms with Crippen LogP contribution in [0.4, 0.5) is 11.6 Å². The lowest BCUT2D eigenvalue weighted by Gasteiger charge is -2.29. The van der Waals surface area contributed by atoms with Crippen molar-refractivity contribution >= 4 is 23.3 Å². The van der Waals surface area contributed by atoms with Gasteiger partial charge in [0.05, 0.1) is 12.8 Å². The molecule has 0 bridgehead atoms. The molecule has 1 aliphatic rings. The number of hydrogen-bond acceptors (Lipinski definition) is 6. The zero-order valence-electron chi connectivity index (χ0n) is 14.9. The summed E-state index contributed by atoms with van der Waals surface area (Å²) in [4.78, 5) is 26.2. The molecule has 0 spiro atoms. The number of rotatable bonds is 4. The van der Waals surface area contributed by atoms with Crippen molar-refractivity contribution in [1.82, 2.24) is 19.7 Å². The van der Waals surface area contributed by atoms with Crippen LogP contribution >= 0.6 is 0 Å². The zero-order valence-corrected chi connectivity index (χ0v) is 14.9. The van der Waals surface area contributed by atoms with Gasteiger partial charge in [-0.05, 0) is 43.3 Å². The van der Waals surface area contributed by atoms with E-state index in [1.54, 1.807) is 42.3 Å². The van der Waals surface area contributed by atoms with E-state index < -0.39 is 12.0 Å². The molecule has 1 N–H and O–H groups in total. The van der Waals surface area contributed by atoms with Gasteiger partial charge >= 0.3 is 0 Å². The van der Waals surface area contributed by atoms with Gasteiger partial charge < -0.3 is 10.1 Å². The third-order valence-corrected chi connectivity index (χ3v) is 4.49. The second kappa shape index (κ2) is 6.99. The number of amides is 1. The van der Waals surface area contributed by atoms with Gasteiger partial charge in [0.2, 0.25) is 11.9 Å². The number of nitrogens with one attached hydrogen (secondary N) is 1. The number of fused-ring (bicyclic) bond motifs is 1. The predicted octanol–water partition coefficient (Wildman–Crippen LogP) is 2.63. The molecule has 1 aromatic carbocycles. The molecule has 4 rings (SSSR count). The number of ether oxygens (including phenoxy) is 1. The van der Waals surface area contributed by atoms with Crippen molar-refractivity contribution in [3.63, 3.8) is 0 Å². The number of methoxy groups -OCH3 is 1. The Kier molecular flexibility index (Phi) is 4.37. The molecule has 27 heavy (non-hydrogen) atoms. The van der Waals surface area contributed by atoms with Crippen molar-refractivity contribution in [3.05, 3.63) is 60.7 Å². The fourth-order valence-electron chi connectivity index (χ4n) is 3.19. The molecule has 2 aromatic heterocycles. The monoisotopic (exact) mass is 362 g/mol. The molecular formula is C19H18N6O2. The lowest BCUT2D eigenvalue weighted by Crippen LogP contribution is -2.39. The van der Waals surface area contributed by atoms with E-state index >= 15 is 0 Å². The van der Waals surface area contributed by atoms with Gasteiger partial charge in [-0.1, -0.05) is 6.07 Å². The van der Waals surface area contributed by atoms with Crippen LogP contribution in [0, 0.1) is 5.92 Å². The van der Waals surface area contributed by atoms with Crippen LogP contribution in [-0.2, 0) is 4.79 Å². The van der Waals surface area contributed by atoms with Crippen LogP contribution in [0.25, 0.3) is 0 Å². The minimum absolute atomic E-state index is 0.182. The van der Waals surface area contributed by atoms with E-state index in [1.165, 1.54) is 6.33 Å². The maximum absolute atomic E-state index is 13.1. The third kappa shape index (κ3) is 3.17. The predicted molar refractivity (Wildman–Crippen MR) is 100 cm³/mol. The first-order valence-corrected chi connectivity index (χ1v) is 8.48. The number of carbonyl (C=O) groups is 1. The topological polar surface area (TPSA) is 94.3 Å². The molecule has 2 atom stereocenters. The highest BCUT2D eigenvalue weighted by Crippen LogP contribution is 2.34. The van der Waals surface area contributed by atoms with E-state index in [0.29, 0.717) is 17.3 Å². The highest BCUT2D eigenvalue weighted by Gasteiger charge is 2.39. The van der Waals surface area contributed by atoms with Crippen LogP contribution < -0.4 is 10.1 Å². The molecule has 0 fully saturated rings. The summed E-state index contributed by atoms with van der Waals surface area (Å²) >= 11 is 0. The molecule has 3 heterocycles. The van der Waals surface area contributed by atoms with E-state index in [0.717, 1.165) is 11.4 Å². The molecule has 1 amide bonds. The summed E-state index contributed by atoms with van der Waals surface area (Å²) in [6, 6.07) is 12.4. The van der Waals surface area contributed by atoms with Crippen molar-refractivity contribution in [1.29, 1.82) is 0 Å². The lowest BCUT2D eigenvalue weighted by molar-refractivity contribution is -0.118. The summed E-state index contributed by atoms with van der Waals surface area (Å²) in [5, 5.41) is 7.22. The number of benzene rings is 1. The summed E-state index contributed by atoms with van der Waals surface area (Å²) in [5.41, 5.74) is 2.07. The molecule has 0 radical (unpaired) electrons. The molecule has 2 unspecified atom stereocenters. The smallest absolute Gasteiger partial charge is 0.248 e. The van der Waals surface area contributed by atoms with Gasteiger partial charge in [0.15, 0.2) is 0 Å². The Bertz CT molecular complexity index is 981. The van der Waals surface area contributed by atoms with Gasteiger partial charge in [0.25, 0.3) is 0 Å². The number of carbonyl (C=O) groups excluding carboxylic acids is 1. The van der Waals surface area contributed by atoms with Crippen LogP contribution in [0.2, 0.25) is 0 Å². The van der Waals surface area contributed by atoms with E-state index in [2.05, 4.69) is 25.4 Å². The number of anilines is 1. The highest BCUT2D eigenvalue weighted by atomic mass is 16.5. The van der Waals surface area contributed by atoms with Crippen molar-refractivity contribution in [2.75, 3.05) is 12.4 Å². The molecule has 8 heteroatoms. The standard InChI is InChI=1S/C19H18N6O2/c1-12-16(18(26)24-13-6-8-14(27-2)9-7-13)17(15-5-3-4-10-20-15)25-19(23-12)21-11-22-25/h3-11,16-17H,1-2H3,(H,24,26). The van der Waals surface area contributed by atoms with Gasteiger partial charge in [-0.25, -0.2) is 9.67 Å². The lowest BCUT2D eigenvalue weighted by atomic mass is 9.90. The fourth-order valence-corrected chi connectivity index (χ4v) is 3.19. The second-order valence-corrected chi connectivity index (χ2v) is 6.15. The number of aliphatic imine (C=N–C) groups is 1. The van der Waals surface area contributed by atoms with E-state index in [1.807, 2.05) is 25.1 Å². The molecule has 3 aromatic rings. The quantitative estimate of drug-likeness (QED) is 0.770. The van der Waals surface area contributed by atoms with Crippen LogP contribution in [0.15, 0.2) is 60.0 Å². The maximum atomic E-state index is 13.1. The van der Waals surface area contributed by atoms with Crippen LogP contribution in [0.3, 0.4) is 0 Å². The Labute approximate surface area is 155 Å². The van der Waals surface area contributed by atoms with Crippen LogP contribution in [0.1, 0.15) is 18.7 Å². The average molecular weight is 362 g/mol. The summed E-state index contributed by atoms with van der Waals surface area (Å²) in [7, 11) is 1.60. The Morgan fingerprint density at radius 3 is 2.67 bits per heavy atom. The zero-order chi connectivity index (χ0) is 18.8. The number of hydrogen-bond donors (Lipinski definition) is 1. The Balaban J connectivity index is 1.69. The van der Waals surface area contributed by atoms with Crippen LogP contribution in [0.5, 0.6) is 5.75 Å². The fraction of sp³-hybridized carbons (Fsp3) is 0.211. The van der Waals surface area contributed by atoms with Crippen molar-refractivity contribution in [2.24, 2.45) is 10.9 Å². The minimum Gasteiger partial charge on any atom is -0.497 e. The van der Waals surface area contributed by atoms with Gasteiger partial charge in [-0.2, -0.15) is 10.1 Å². The SMILES string of the molecule is COc1ccc(NC(=O)C2C(C)=Nc3ncnn3C2c2ccccn2)cc1.